The van der Waals surface area contributed by atoms with Crippen molar-refractivity contribution in [3.05, 3.63) is 30.3 Å². The quantitative estimate of drug-likeness (QED) is 0.636. The Balaban J connectivity index is 2.80. The smallest absolute Gasteiger partial charge is 0.413 e. The fourth-order valence-electron chi connectivity index (χ4n) is 2.03. The lowest BCUT2D eigenvalue weighted by Gasteiger charge is -2.27. The van der Waals surface area contributed by atoms with Crippen LogP contribution in [0.3, 0.4) is 0 Å². The molecule has 3 N–H and O–H groups in total. The average Bonchev–Trinajstić information content (AvgIpc) is 2.56. The van der Waals surface area contributed by atoms with Crippen LogP contribution in [0.15, 0.2) is 30.3 Å². The number of nitrogens with one attached hydrogen (secondary N) is 2. The molecule has 0 aliphatic rings. The number of esters is 1. The number of rotatable bonds is 6. The first kappa shape index (κ1) is 23.4. The molecule has 2 amide bonds. The van der Waals surface area contributed by atoms with Crippen molar-refractivity contribution in [1.29, 1.82) is 0 Å². The van der Waals surface area contributed by atoms with E-state index in [4.69, 9.17) is 9.47 Å². The third-order valence-corrected chi connectivity index (χ3v) is 3.49. The van der Waals surface area contributed by atoms with Crippen LogP contribution >= 0.6 is 0 Å². The maximum absolute atomic E-state index is 12.4. The fraction of sp³-hybridized carbons (Fsp3) is 0.550. The molecule has 0 unspecified atom stereocenters. The highest BCUT2D eigenvalue weighted by Crippen LogP contribution is 2.19. The molecule has 0 saturated carbocycles. The molecule has 0 aliphatic carbocycles. The van der Waals surface area contributed by atoms with Gasteiger partial charge in [-0.2, -0.15) is 0 Å². The van der Waals surface area contributed by atoms with Crippen LogP contribution in [0.4, 0.5) is 4.79 Å². The van der Waals surface area contributed by atoms with Gasteiger partial charge in [0.2, 0.25) is 5.91 Å². The molecule has 0 spiro atoms. The van der Waals surface area contributed by atoms with Crippen LogP contribution in [0, 0.1) is 5.41 Å². The second-order valence-electron chi connectivity index (χ2n) is 8.45. The number of amides is 2. The van der Waals surface area contributed by atoms with Crippen molar-refractivity contribution in [2.24, 2.45) is 5.41 Å². The molecule has 1 rings (SSSR count). The summed E-state index contributed by atoms with van der Waals surface area (Å²) in [6, 6.07) is 7.15. The van der Waals surface area contributed by atoms with Gasteiger partial charge in [-0.3, -0.25) is 4.79 Å². The van der Waals surface area contributed by atoms with E-state index in [2.05, 4.69) is 10.6 Å². The molecule has 28 heavy (non-hydrogen) atoms. The number of aliphatic hydroxyl groups excluding tert-OH is 1. The van der Waals surface area contributed by atoms with Gasteiger partial charge in [0, 0.05) is 6.54 Å². The van der Waals surface area contributed by atoms with Gasteiger partial charge in [0.15, 0.2) is 0 Å². The van der Waals surface area contributed by atoms with Crippen LogP contribution in [0.2, 0.25) is 0 Å². The zero-order valence-electron chi connectivity index (χ0n) is 17.2. The summed E-state index contributed by atoms with van der Waals surface area (Å²) in [6.45, 7) is 9.92. The third kappa shape index (κ3) is 8.39. The summed E-state index contributed by atoms with van der Waals surface area (Å²) in [4.78, 5) is 36.7. The molecule has 0 bridgehead atoms. The van der Waals surface area contributed by atoms with Gasteiger partial charge in [-0.1, -0.05) is 39.0 Å². The van der Waals surface area contributed by atoms with Crippen LogP contribution in [0.5, 0.6) is 5.75 Å². The Kier molecular flexibility index (Phi) is 7.99. The number of aliphatic hydroxyl groups is 1. The number of para-hydroxylation sites is 1. The van der Waals surface area contributed by atoms with Gasteiger partial charge in [-0.25, -0.2) is 9.59 Å². The van der Waals surface area contributed by atoms with Crippen molar-refractivity contribution in [2.75, 3.05) is 6.54 Å². The van der Waals surface area contributed by atoms with E-state index < -0.39 is 41.1 Å². The van der Waals surface area contributed by atoms with E-state index in [1.165, 1.54) is 0 Å². The molecule has 0 fully saturated rings. The van der Waals surface area contributed by atoms with E-state index >= 15 is 0 Å². The van der Waals surface area contributed by atoms with E-state index in [1.807, 2.05) is 0 Å². The predicted molar refractivity (Wildman–Crippen MR) is 104 cm³/mol. The summed E-state index contributed by atoms with van der Waals surface area (Å²) in [6.07, 6.45) is -2.14. The zero-order valence-corrected chi connectivity index (χ0v) is 17.2. The van der Waals surface area contributed by atoms with Crippen LogP contribution < -0.4 is 15.4 Å². The van der Waals surface area contributed by atoms with Gasteiger partial charge in [-0.15, -0.1) is 0 Å². The van der Waals surface area contributed by atoms with E-state index in [0.717, 1.165) is 0 Å². The molecule has 0 aliphatic heterocycles. The first-order valence-electron chi connectivity index (χ1n) is 9.01. The normalized spacial score (nSPS) is 13.8. The number of ether oxygens (including phenoxy) is 2. The lowest BCUT2D eigenvalue weighted by atomic mass is 9.88. The Morgan fingerprint density at radius 1 is 1.04 bits per heavy atom. The van der Waals surface area contributed by atoms with Gasteiger partial charge in [0.1, 0.15) is 23.5 Å². The van der Waals surface area contributed by atoms with Crippen LogP contribution in [0.1, 0.15) is 41.5 Å². The number of carbonyl (C=O) groups is 3. The Bertz CT molecular complexity index is 676. The summed E-state index contributed by atoms with van der Waals surface area (Å²) in [5.74, 6) is -1.09. The Hall–Kier alpha value is -2.61. The van der Waals surface area contributed by atoms with Crippen molar-refractivity contribution in [3.8, 4) is 5.75 Å². The minimum atomic E-state index is -1.27. The summed E-state index contributed by atoms with van der Waals surface area (Å²) in [7, 11) is 0. The Morgan fingerprint density at radius 2 is 1.61 bits per heavy atom. The molecule has 1 aromatic rings. The summed E-state index contributed by atoms with van der Waals surface area (Å²) < 4.78 is 10.4. The van der Waals surface area contributed by atoms with Crippen LogP contribution in [0.25, 0.3) is 0 Å². The van der Waals surface area contributed by atoms with Gasteiger partial charge in [0.25, 0.3) is 0 Å². The average molecular weight is 394 g/mol. The van der Waals surface area contributed by atoms with Gasteiger partial charge < -0.3 is 25.2 Å². The van der Waals surface area contributed by atoms with E-state index in [9.17, 15) is 19.5 Å². The summed E-state index contributed by atoms with van der Waals surface area (Å²) in [5.41, 5.74) is -1.46. The molecular formula is C20H30N2O6. The number of benzene rings is 1. The molecular weight excluding hydrogens is 364 g/mol. The molecule has 0 heterocycles. The lowest BCUT2D eigenvalue weighted by Crippen LogP contribution is -2.53. The highest BCUT2D eigenvalue weighted by Gasteiger charge is 2.32. The molecule has 2 atom stereocenters. The largest absolute Gasteiger partial charge is 0.458 e. The fourth-order valence-corrected chi connectivity index (χ4v) is 2.03. The topological polar surface area (TPSA) is 114 Å². The molecule has 0 saturated heterocycles. The van der Waals surface area contributed by atoms with Crippen LogP contribution in [-0.4, -0.2) is 47.4 Å². The maximum Gasteiger partial charge on any atom is 0.413 e. The zero-order chi connectivity index (χ0) is 21.5. The van der Waals surface area contributed by atoms with E-state index in [0.29, 0.717) is 5.75 Å². The standard InChI is InChI=1S/C20H30N2O6/c1-19(2,3)15(23)16(24)21-12-14(17(25)28-20(4,5)6)22-18(26)27-13-10-8-7-9-11-13/h7-11,14-15,23H,12H2,1-6H3,(H,21,24)(H,22,26)/t14-,15+/m0/s1. The first-order chi connectivity index (χ1) is 12.8. The van der Waals surface area contributed by atoms with Crippen molar-refractivity contribution in [1.82, 2.24) is 10.6 Å². The highest BCUT2D eigenvalue weighted by molar-refractivity contribution is 5.85. The Morgan fingerprint density at radius 3 is 2.11 bits per heavy atom. The molecule has 156 valence electrons. The van der Waals surface area contributed by atoms with E-state index in [-0.39, 0.29) is 6.54 Å². The first-order valence-corrected chi connectivity index (χ1v) is 9.01. The van der Waals surface area contributed by atoms with Gasteiger partial charge in [-0.05, 0) is 38.3 Å². The predicted octanol–water partition coefficient (Wildman–Crippen LogP) is 2.01. The highest BCUT2D eigenvalue weighted by atomic mass is 16.6. The second-order valence-corrected chi connectivity index (χ2v) is 8.45. The van der Waals surface area contributed by atoms with Crippen molar-refractivity contribution in [3.63, 3.8) is 0 Å². The minimum Gasteiger partial charge on any atom is -0.458 e. The molecule has 1 aromatic carbocycles. The van der Waals surface area contributed by atoms with Crippen molar-refractivity contribution < 1.29 is 29.0 Å². The third-order valence-electron chi connectivity index (χ3n) is 3.49. The molecule has 0 radical (unpaired) electrons. The molecule has 0 aromatic heterocycles. The maximum atomic E-state index is 12.4. The Labute approximate surface area is 165 Å². The molecule has 8 nitrogen and oxygen atoms in total. The van der Waals surface area contributed by atoms with Gasteiger partial charge in [0.05, 0.1) is 0 Å². The number of carbonyl (C=O) groups excluding carboxylic acids is 3. The minimum absolute atomic E-state index is 0.259. The summed E-state index contributed by atoms with van der Waals surface area (Å²) in [5, 5.41) is 14.9. The van der Waals surface area contributed by atoms with Crippen molar-refractivity contribution >= 4 is 18.0 Å². The van der Waals surface area contributed by atoms with Crippen molar-refractivity contribution in [2.45, 2.75) is 59.3 Å². The monoisotopic (exact) mass is 394 g/mol. The SMILES string of the molecule is CC(C)(C)OC(=O)[C@H](CNC(=O)[C@@H](O)C(C)(C)C)NC(=O)Oc1ccccc1. The number of hydrogen-bond donors (Lipinski definition) is 3. The summed E-state index contributed by atoms with van der Waals surface area (Å²) >= 11 is 0. The van der Waals surface area contributed by atoms with E-state index in [1.54, 1.807) is 71.9 Å². The van der Waals surface area contributed by atoms with Crippen LogP contribution in [-0.2, 0) is 14.3 Å². The van der Waals surface area contributed by atoms with Gasteiger partial charge >= 0.3 is 12.1 Å². The number of hydrogen-bond acceptors (Lipinski definition) is 6. The lowest BCUT2D eigenvalue weighted by molar-refractivity contribution is -0.157. The molecule has 8 heteroatoms. The second kappa shape index (κ2) is 9.54.